The lowest BCUT2D eigenvalue weighted by atomic mass is 9.90. The molecule has 6 nitrogen and oxygen atoms in total. The van der Waals surface area contributed by atoms with Crippen LogP contribution in [-0.4, -0.2) is 42.3 Å². The molecule has 2 amide bonds. The molecule has 0 radical (unpaired) electrons. The van der Waals surface area contributed by atoms with Gasteiger partial charge in [0, 0.05) is 6.04 Å². The molecular formula is C17H22N2O4S2. The largest absolute Gasteiger partial charge is 0.289 e. The first kappa shape index (κ1) is 18.4. The van der Waals surface area contributed by atoms with Crippen LogP contribution in [0.25, 0.3) is 0 Å². The summed E-state index contributed by atoms with van der Waals surface area (Å²) >= 11 is 0.988. The summed E-state index contributed by atoms with van der Waals surface area (Å²) in [6.07, 6.45) is 3.02. The standard InChI is InChI=1S/C17H22N2O4S2/c1-11-7-8-12(2)15(9-11)25(22,23)18-13-5-3-4-6-14(13)19-16(20)10-24-17(19)21/h7-9,13-14,18H,3-6,10H2,1-2H3/t13-,14-/m0/s1. The lowest BCUT2D eigenvalue weighted by molar-refractivity contribution is -0.127. The molecule has 1 aromatic rings. The van der Waals surface area contributed by atoms with E-state index in [1.165, 1.54) is 4.90 Å². The Morgan fingerprint density at radius 2 is 1.88 bits per heavy atom. The molecule has 1 aliphatic carbocycles. The summed E-state index contributed by atoms with van der Waals surface area (Å²) in [7, 11) is -3.72. The molecule has 25 heavy (non-hydrogen) atoms. The van der Waals surface area contributed by atoms with Crippen molar-refractivity contribution in [3.8, 4) is 0 Å². The highest BCUT2D eigenvalue weighted by atomic mass is 32.2. The molecule has 136 valence electrons. The van der Waals surface area contributed by atoms with Crippen molar-refractivity contribution in [2.24, 2.45) is 0 Å². The summed E-state index contributed by atoms with van der Waals surface area (Å²) in [4.78, 5) is 25.6. The van der Waals surface area contributed by atoms with E-state index in [1.54, 1.807) is 19.1 Å². The Hall–Kier alpha value is -1.38. The first-order chi connectivity index (χ1) is 11.8. The summed E-state index contributed by atoms with van der Waals surface area (Å²) < 4.78 is 28.5. The van der Waals surface area contributed by atoms with E-state index in [0.717, 1.165) is 30.2 Å². The maximum absolute atomic E-state index is 12.9. The Kier molecular flexibility index (Phi) is 5.22. The van der Waals surface area contributed by atoms with Crippen LogP contribution in [0.3, 0.4) is 0 Å². The molecule has 0 aromatic heterocycles. The minimum absolute atomic E-state index is 0.145. The zero-order valence-corrected chi connectivity index (χ0v) is 16.0. The van der Waals surface area contributed by atoms with E-state index >= 15 is 0 Å². The fraction of sp³-hybridized carbons (Fsp3) is 0.529. The van der Waals surface area contributed by atoms with Crippen LogP contribution in [0.1, 0.15) is 36.8 Å². The number of nitrogens with one attached hydrogen (secondary N) is 1. The molecule has 0 bridgehead atoms. The van der Waals surface area contributed by atoms with Crippen LogP contribution in [0.5, 0.6) is 0 Å². The lowest BCUT2D eigenvalue weighted by Gasteiger charge is -2.36. The van der Waals surface area contributed by atoms with Crippen LogP contribution in [-0.2, 0) is 14.8 Å². The zero-order chi connectivity index (χ0) is 18.2. The Labute approximate surface area is 152 Å². The number of carbonyl (C=O) groups is 2. The third-order valence-corrected chi connectivity index (χ3v) is 7.25. The van der Waals surface area contributed by atoms with Crippen LogP contribution in [0.15, 0.2) is 23.1 Å². The molecule has 3 rings (SSSR count). The Bertz CT molecular complexity index is 791. The zero-order valence-electron chi connectivity index (χ0n) is 14.3. The average Bonchev–Trinajstić information content (AvgIpc) is 2.89. The van der Waals surface area contributed by atoms with E-state index in [2.05, 4.69) is 4.72 Å². The number of rotatable bonds is 4. The highest BCUT2D eigenvalue weighted by Gasteiger charge is 2.42. The fourth-order valence-corrected chi connectivity index (χ4v) is 5.90. The average molecular weight is 383 g/mol. The van der Waals surface area contributed by atoms with Crippen molar-refractivity contribution in [1.29, 1.82) is 0 Å². The third-order valence-electron chi connectivity index (χ3n) is 4.79. The molecule has 2 atom stereocenters. The highest BCUT2D eigenvalue weighted by molar-refractivity contribution is 8.14. The van der Waals surface area contributed by atoms with Gasteiger partial charge in [-0.15, -0.1) is 0 Å². The molecule has 2 aliphatic rings. The van der Waals surface area contributed by atoms with Crippen LogP contribution in [0.4, 0.5) is 4.79 Å². The minimum atomic E-state index is -3.72. The Morgan fingerprint density at radius 3 is 2.56 bits per heavy atom. The van der Waals surface area contributed by atoms with Crippen molar-refractivity contribution in [2.45, 2.75) is 56.5 Å². The van der Waals surface area contributed by atoms with Crippen molar-refractivity contribution in [1.82, 2.24) is 9.62 Å². The van der Waals surface area contributed by atoms with Gasteiger partial charge < -0.3 is 0 Å². The van der Waals surface area contributed by atoms with E-state index in [9.17, 15) is 18.0 Å². The summed E-state index contributed by atoms with van der Waals surface area (Å²) in [6.45, 7) is 3.61. The third kappa shape index (κ3) is 3.75. The molecule has 1 saturated heterocycles. The molecule has 1 heterocycles. The van der Waals surface area contributed by atoms with Crippen LogP contribution >= 0.6 is 11.8 Å². The van der Waals surface area contributed by atoms with Gasteiger partial charge in [0.15, 0.2) is 0 Å². The smallest absolute Gasteiger partial charge is 0.273 e. The minimum Gasteiger partial charge on any atom is -0.273 e. The van der Waals surface area contributed by atoms with Crippen molar-refractivity contribution >= 4 is 32.9 Å². The number of nitrogens with zero attached hydrogens (tertiary/aromatic N) is 1. The van der Waals surface area contributed by atoms with E-state index < -0.39 is 22.1 Å². The molecule has 1 N–H and O–H groups in total. The number of hydrogen-bond acceptors (Lipinski definition) is 5. The second-order valence-corrected chi connectivity index (χ2v) is 9.28. The topological polar surface area (TPSA) is 83.6 Å². The second-order valence-electron chi connectivity index (χ2n) is 6.67. The van der Waals surface area contributed by atoms with Crippen LogP contribution in [0.2, 0.25) is 0 Å². The molecule has 1 aromatic carbocycles. The van der Waals surface area contributed by atoms with Gasteiger partial charge >= 0.3 is 0 Å². The van der Waals surface area contributed by atoms with E-state index in [4.69, 9.17) is 0 Å². The summed E-state index contributed by atoms with van der Waals surface area (Å²) in [5.41, 5.74) is 1.54. The van der Waals surface area contributed by atoms with Crippen molar-refractivity contribution < 1.29 is 18.0 Å². The van der Waals surface area contributed by atoms with Crippen LogP contribution < -0.4 is 4.72 Å². The number of hydrogen-bond donors (Lipinski definition) is 1. The first-order valence-corrected chi connectivity index (χ1v) is 10.8. The highest BCUT2D eigenvalue weighted by Crippen LogP contribution is 2.31. The van der Waals surface area contributed by atoms with E-state index in [-0.39, 0.29) is 21.8 Å². The van der Waals surface area contributed by atoms with Crippen LogP contribution in [0, 0.1) is 13.8 Å². The van der Waals surface area contributed by atoms with E-state index in [1.807, 2.05) is 13.0 Å². The van der Waals surface area contributed by atoms with Gasteiger partial charge in [-0.1, -0.05) is 36.7 Å². The van der Waals surface area contributed by atoms with Crippen molar-refractivity contribution in [2.75, 3.05) is 5.75 Å². The van der Waals surface area contributed by atoms with Gasteiger partial charge in [0.05, 0.1) is 16.7 Å². The predicted molar refractivity (Wildman–Crippen MR) is 97.0 cm³/mol. The van der Waals surface area contributed by atoms with Gasteiger partial charge in [-0.2, -0.15) is 0 Å². The Balaban J connectivity index is 1.87. The molecule has 0 spiro atoms. The van der Waals surface area contributed by atoms with Gasteiger partial charge in [-0.3, -0.25) is 14.5 Å². The Morgan fingerprint density at radius 1 is 1.16 bits per heavy atom. The molecular weight excluding hydrogens is 360 g/mol. The number of carbonyl (C=O) groups excluding carboxylic acids is 2. The molecule has 0 unspecified atom stereocenters. The lowest BCUT2D eigenvalue weighted by Crippen LogP contribution is -2.54. The fourth-order valence-electron chi connectivity index (χ4n) is 3.50. The summed E-state index contributed by atoms with van der Waals surface area (Å²) in [6, 6.07) is 4.47. The first-order valence-electron chi connectivity index (χ1n) is 8.38. The number of thioether (sulfide) groups is 1. The number of sulfonamides is 1. The normalized spacial score (nSPS) is 24.8. The summed E-state index contributed by atoms with van der Waals surface area (Å²) in [5.74, 6) is -0.0796. The van der Waals surface area contributed by atoms with Gasteiger partial charge in [-0.05, 0) is 43.9 Å². The maximum Gasteiger partial charge on any atom is 0.289 e. The molecule has 2 fully saturated rings. The van der Waals surface area contributed by atoms with Gasteiger partial charge in [0.25, 0.3) is 5.24 Å². The summed E-state index contributed by atoms with van der Waals surface area (Å²) in [5, 5.41) is -0.271. The molecule has 1 saturated carbocycles. The quantitative estimate of drug-likeness (QED) is 0.865. The van der Waals surface area contributed by atoms with Crippen molar-refractivity contribution in [3.05, 3.63) is 29.3 Å². The molecule has 1 aliphatic heterocycles. The maximum atomic E-state index is 12.9. The molecule has 8 heteroatoms. The van der Waals surface area contributed by atoms with Gasteiger partial charge in [-0.25, -0.2) is 13.1 Å². The van der Waals surface area contributed by atoms with Gasteiger partial charge in [0.2, 0.25) is 15.9 Å². The predicted octanol–water partition coefficient (Wildman–Crippen LogP) is 2.59. The number of imide groups is 1. The number of benzene rings is 1. The van der Waals surface area contributed by atoms with E-state index in [0.29, 0.717) is 18.4 Å². The number of aryl methyl sites for hydroxylation is 2. The number of amides is 2. The van der Waals surface area contributed by atoms with Gasteiger partial charge in [0.1, 0.15) is 0 Å². The van der Waals surface area contributed by atoms with Crippen molar-refractivity contribution in [3.63, 3.8) is 0 Å². The monoisotopic (exact) mass is 382 g/mol. The second kappa shape index (κ2) is 7.09. The SMILES string of the molecule is Cc1ccc(C)c(S(=O)(=O)N[C@H]2CCCC[C@@H]2N2C(=O)CSC2=O)c1.